The zero-order valence-corrected chi connectivity index (χ0v) is 13.7. The Kier molecular flexibility index (Phi) is 5.45. The molecule has 0 bridgehead atoms. The van der Waals surface area contributed by atoms with Gasteiger partial charge in [-0.3, -0.25) is 24.5 Å². The van der Waals surface area contributed by atoms with Crippen LogP contribution in [0.25, 0.3) is 11.0 Å². The fourth-order valence-corrected chi connectivity index (χ4v) is 2.47. The van der Waals surface area contributed by atoms with Crippen molar-refractivity contribution in [2.75, 3.05) is 14.2 Å². The second-order valence-electron chi connectivity index (χ2n) is 5.08. The van der Waals surface area contributed by atoms with Crippen LogP contribution in [0.1, 0.15) is 17.9 Å². The van der Waals surface area contributed by atoms with E-state index in [2.05, 4.69) is 9.47 Å². The van der Waals surface area contributed by atoms with Gasteiger partial charge >= 0.3 is 23.3 Å². The monoisotopic (exact) mass is 363 g/mol. The highest BCUT2D eigenvalue weighted by atomic mass is 16.6. The van der Waals surface area contributed by atoms with E-state index in [0.717, 1.165) is 14.2 Å². The fraction of sp³-hybridized carbons (Fsp3) is 0.250. The molecule has 26 heavy (non-hydrogen) atoms. The molecule has 0 N–H and O–H groups in total. The Labute approximate surface area is 145 Å². The van der Waals surface area contributed by atoms with Crippen molar-refractivity contribution >= 4 is 34.4 Å². The second-order valence-corrected chi connectivity index (χ2v) is 5.08. The summed E-state index contributed by atoms with van der Waals surface area (Å²) in [7, 11) is 2.01. The summed E-state index contributed by atoms with van der Waals surface area (Å²) in [6, 6.07) is 5.68. The van der Waals surface area contributed by atoms with Gasteiger partial charge in [0.1, 0.15) is 17.9 Å². The summed E-state index contributed by atoms with van der Waals surface area (Å²) in [5, 5.41) is 11.4. The van der Waals surface area contributed by atoms with Crippen molar-refractivity contribution in [1.82, 2.24) is 0 Å². The number of hydrogen-bond donors (Lipinski definition) is 0. The molecular formula is C16H13NO9. The molecule has 0 saturated carbocycles. The second kappa shape index (κ2) is 7.55. The highest BCUT2D eigenvalue weighted by molar-refractivity contribution is 6.12. The van der Waals surface area contributed by atoms with E-state index in [1.54, 1.807) is 0 Å². The van der Waals surface area contributed by atoms with Crippen molar-refractivity contribution in [2.45, 2.75) is 12.3 Å². The van der Waals surface area contributed by atoms with Crippen LogP contribution in [0.2, 0.25) is 0 Å². The van der Waals surface area contributed by atoms with Gasteiger partial charge in [0, 0.05) is 5.39 Å². The molecule has 0 aliphatic rings. The fourth-order valence-electron chi connectivity index (χ4n) is 2.47. The summed E-state index contributed by atoms with van der Waals surface area (Å²) >= 11 is 0. The molecule has 0 aliphatic heterocycles. The Balaban J connectivity index is 2.84. The Morgan fingerprint density at radius 1 is 1.19 bits per heavy atom. The molecule has 1 aromatic carbocycles. The molecule has 0 radical (unpaired) electrons. The number of nitro groups is 1. The SMILES string of the molecule is COC(=O)CC(=O)C(C(=O)OC)c1c([N+](=O)[O-])c(=O)oc2ccccc12. The molecule has 0 spiro atoms. The summed E-state index contributed by atoms with van der Waals surface area (Å²) in [6.07, 6.45) is -0.831. The molecule has 0 amide bonds. The first-order valence-electron chi connectivity index (χ1n) is 7.19. The average Bonchev–Trinajstić information content (AvgIpc) is 2.60. The van der Waals surface area contributed by atoms with E-state index < -0.39 is 51.9 Å². The van der Waals surface area contributed by atoms with E-state index in [0.29, 0.717) is 0 Å². The van der Waals surface area contributed by atoms with Gasteiger partial charge in [0.15, 0.2) is 5.78 Å². The van der Waals surface area contributed by atoms with Crippen LogP contribution in [0.15, 0.2) is 33.5 Å². The highest BCUT2D eigenvalue weighted by Gasteiger charge is 2.40. The first-order valence-corrected chi connectivity index (χ1v) is 7.19. The number of fused-ring (bicyclic) bond motifs is 1. The molecule has 2 aromatic rings. The third kappa shape index (κ3) is 3.43. The van der Waals surface area contributed by atoms with Crippen LogP contribution in [0.5, 0.6) is 0 Å². The Bertz CT molecular complexity index is 960. The molecule has 10 heteroatoms. The summed E-state index contributed by atoms with van der Waals surface area (Å²) in [4.78, 5) is 58.5. The van der Waals surface area contributed by atoms with Gasteiger partial charge in [0.2, 0.25) is 0 Å². The zero-order valence-electron chi connectivity index (χ0n) is 13.7. The molecule has 1 aromatic heterocycles. The average molecular weight is 363 g/mol. The maximum atomic E-state index is 12.5. The number of ether oxygens (including phenoxy) is 2. The lowest BCUT2D eigenvalue weighted by Gasteiger charge is -2.15. The minimum Gasteiger partial charge on any atom is -0.469 e. The molecule has 1 heterocycles. The molecule has 10 nitrogen and oxygen atoms in total. The first-order chi connectivity index (χ1) is 12.3. The predicted octanol–water partition coefficient (Wildman–Crippen LogP) is 1.09. The van der Waals surface area contributed by atoms with E-state index >= 15 is 0 Å². The lowest BCUT2D eigenvalue weighted by molar-refractivity contribution is -0.387. The van der Waals surface area contributed by atoms with Crippen LogP contribution in [-0.4, -0.2) is 36.9 Å². The molecule has 0 aliphatic carbocycles. The molecular weight excluding hydrogens is 350 g/mol. The molecule has 0 fully saturated rings. The van der Waals surface area contributed by atoms with Crippen molar-refractivity contribution in [2.24, 2.45) is 0 Å². The highest BCUT2D eigenvalue weighted by Crippen LogP contribution is 2.33. The molecule has 136 valence electrons. The van der Waals surface area contributed by atoms with Crippen LogP contribution in [-0.2, 0) is 23.9 Å². The Hall–Kier alpha value is -3.56. The lowest BCUT2D eigenvalue weighted by Crippen LogP contribution is -2.28. The standard InChI is InChI=1S/C16H13NO9/c1-24-11(19)7-9(18)13(15(20)25-2)12-8-5-3-4-6-10(8)26-16(21)14(12)17(22)23/h3-6,13H,7H2,1-2H3. The van der Waals surface area contributed by atoms with Crippen LogP contribution >= 0.6 is 0 Å². The molecule has 1 unspecified atom stereocenters. The summed E-state index contributed by atoms with van der Waals surface area (Å²) in [5.41, 5.74) is -2.94. The normalized spacial score (nSPS) is 11.6. The molecule has 1 atom stereocenters. The first kappa shape index (κ1) is 18.8. The molecule has 0 saturated heterocycles. The largest absolute Gasteiger partial charge is 0.469 e. The van der Waals surface area contributed by atoms with Crippen LogP contribution < -0.4 is 5.63 Å². The minimum atomic E-state index is -1.87. The van der Waals surface area contributed by atoms with Crippen molar-refractivity contribution < 1.29 is 33.2 Å². The molecule has 2 rings (SSSR count). The number of methoxy groups -OCH3 is 2. The van der Waals surface area contributed by atoms with Gasteiger partial charge in [-0.2, -0.15) is 0 Å². The predicted molar refractivity (Wildman–Crippen MR) is 85.5 cm³/mol. The van der Waals surface area contributed by atoms with Gasteiger partial charge in [0.05, 0.1) is 24.7 Å². The van der Waals surface area contributed by atoms with Crippen LogP contribution in [0.3, 0.4) is 0 Å². The van der Waals surface area contributed by atoms with Crippen LogP contribution in [0.4, 0.5) is 5.69 Å². The van der Waals surface area contributed by atoms with E-state index in [1.165, 1.54) is 24.3 Å². The Morgan fingerprint density at radius 2 is 1.85 bits per heavy atom. The number of benzene rings is 1. The quantitative estimate of drug-likeness (QED) is 0.242. The number of Topliss-reactive ketones (excluding diaryl/α,β-unsaturated/α-hetero) is 1. The number of rotatable bonds is 6. The summed E-state index contributed by atoms with van der Waals surface area (Å²) in [5.74, 6) is -4.98. The zero-order chi connectivity index (χ0) is 19.4. The number of esters is 2. The topological polar surface area (TPSA) is 143 Å². The van der Waals surface area contributed by atoms with Crippen molar-refractivity contribution in [3.8, 4) is 0 Å². The number of para-hydroxylation sites is 1. The van der Waals surface area contributed by atoms with E-state index in [-0.39, 0.29) is 11.0 Å². The summed E-state index contributed by atoms with van der Waals surface area (Å²) in [6.45, 7) is 0. The van der Waals surface area contributed by atoms with Crippen molar-refractivity contribution in [3.63, 3.8) is 0 Å². The van der Waals surface area contributed by atoms with Gasteiger partial charge in [-0.05, 0) is 6.07 Å². The van der Waals surface area contributed by atoms with E-state index in [1.807, 2.05) is 0 Å². The number of ketones is 1. The van der Waals surface area contributed by atoms with Crippen molar-refractivity contribution in [3.05, 3.63) is 50.4 Å². The number of nitrogens with zero attached hydrogens (tertiary/aromatic N) is 1. The minimum absolute atomic E-state index is 0.00687. The summed E-state index contributed by atoms with van der Waals surface area (Å²) < 4.78 is 13.8. The van der Waals surface area contributed by atoms with Gasteiger partial charge < -0.3 is 13.9 Å². The number of carbonyl (C=O) groups is 3. The van der Waals surface area contributed by atoms with E-state index in [9.17, 15) is 29.3 Å². The van der Waals surface area contributed by atoms with Crippen molar-refractivity contribution in [1.29, 1.82) is 0 Å². The third-order valence-electron chi connectivity index (χ3n) is 3.60. The lowest BCUT2D eigenvalue weighted by atomic mass is 9.89. The van der Waals surface area contributed by atoms with Gasteiger partial charge in [-0.25, -0.2) is 4.79 Å². The van der Waals surface area contributed by atoms with Crippen LogP contribution in [0, 0.1) is 10.1 Å². The Morgan fingerprint density at radius 3 is 2.42 bits per heavy atom. The number of hydrogen-bond acceptors (Lipinski definition) is 9. The van der Waals surface area contributed by atoms with Gasteiger partial charge in [-0.15, -0.1) is 0 Å². The third-order valence-corrected chi connectivity index (χ3v) is 3.60. The van der Waals surface area contributed by atoms with Gasteiger partial charge in [-0.1, -0.05) is 18.2 Å². The maximum Gasteiger partial charge on any atom is 0.415 e. The van der Waals surface area contributed by atoms with E-state index in [4.69, 9.17) is 4.42 Å². The maximum absolute atomic E-state index is 12.5. The van der Waals surface area contributed by atoms with Gasteiger partial charge in [0.25, 0.3) is 0 Å². The number of carbonyl (C=O) groups excluding carboxylic acids is 3. The smallest absolute Gasteiger partial charge is 0.415 e.